The van der Waals surface area contributed by atoms with Crippen LogP contribution in [0.2, 0.25) is 10.0 Å². The molecular formula is C29H25Cl2NO7. The Morgan fingerprint density at radius 1 is 0.923 bits per heavy atom. The SMILES string of the molecule is COc1c(Cl)cc(/C(O)=C2\C(=O)C(=O)N(c3cc(C)cc(C)c3)C2c2ccc(OC(C)=O)cc2)c(OC)c1Cl. The fourth-order valence-electron chi connectivity index (χ4n) is 4.68. The van der Waals surface area contributed by atoms with Gasteiger partial charge in [-0.2, -0.15) is 0 Å². The lowest BCUT2D eigenvalue weighted by Gasteiger charge is -2.26. The van der Waals surface area contributed by atoms with E-state index in [9.17, 15) is 19.5 Å². The van der Waals surface area contributed by atoms with Crippen molar-refractivity contribution >= 4 is 52.3 Å². The van der Waals surface area contributed by atoms with Crippen LogP contribution in [0.5, 0.6) is 17.2 Å². The molecule has 8 nitrogen and oxygen atoms in total. The van der Waals surface area contributed by atoms with Crippen LogP contribution in [0.1, 0.15) is 35.2 Å². The first-order chi connectivity index (χ1) is 18.5. The van der Waals surface area contributed by atoms with Crippen molar-refractivity contribution in [3.8, 4) is 17.2 Å². The van der Waals surface area contributed by atoms with Crippen molar-refractivity contribution in [2.45, 2.75) is 26.8 Å². The number of ketones is 1. The van der Waals surface area contributed by atoms with Crippen LogP contribution in [0.25, 0.3) is 5.76 Å². The summed E-state index contributed by atoms with van der Waals surface area (Å²) in [4.78, 5) is 39.8. The van der Waals surface area contributed by atoms with Gasteiger partial charge >= 0.3 is 5.97 Å². The second-order valence-electron chi connectivity index (χ2n) is 8.96. The number of anilines is 1. The molecular weight excluding hydrogens is 545 g/mol. The van der Waals surface area contributed by atoms with E-state index >= 15 is 0 Å². The summed E-state index contributed by atoms with van der Waals surface area (Å²) in [5.74, 6) is -2.35. The maximum absolute atomic E-state index is 13.6. The summed E-state index contributed by atoms with van der Waals surface area (Å²) in [6.07, 6.45) is 0. The molecule has 0 spiro atoms. The lowest BCUT2D eigenvalue weighted by Crippen LogP contribution is -2.29. The normalized spacial score (nSPS) is 16.4. The molecule has 4 rings (SSSR count). The Kier molecular flexibility index (Phi) is 7.90. The number of methoxy groups -OCH3 is 2. The zero-order valence-electron chi connectivity index (χ0n) is 21.8. The summed E-state index contributed by atoms with van der Waals surface area (Å²) in [7, 11) is 2.71. The largest absolute Gasteiger partial charge is 0.507 e. The number of esters is 1. The van der Waals surface area contributed by atoms with Crippen LogP contribution in [0.15, 0.2) is 54.1 Å². The topological polar surface area (TPSA) is 102 Å². The molecule has 202 valence electrons. The highest BCUT2D eigenvalue weighted by Crippen LogP contribution is 2.48. The van der Waals surface area contributed by atoms with Crippen molar-refractivity contribution in [1.29, 1.82) is 0 Å². The predicted octanol–water partition coefficient (Wildman–Crippen LogP) is 6.18. The average molecular weight is 570 g/mol. The van der Waals surface area contributed by atoms with E-state index in [1.807, 2.05) is 19.9 Å². The number of aliphatic hydroxyl groups excluding tert-OH is 1. The number of halogens is 2. The number of amides is 1. The first kappa shape index (κ1) is 28.0. The molecule has 1 atom stereocenters. The first-order valence-corrected chi connectivity index (χ1v) is 12.5. The molecule has 0 aromatic heterocycles. The third kappa shape index (κ3) is 5.17. The number of rotatable bonds is 6. The van der Waals surface area contributed by atoms with E-state index in [1.54, 1.807) is 36.4 Å². The van der Waals surface area contributed by atoms with Gasteiger partial charge in [-0.1, -0.05) is 41.4 Å². The van der Waals surface area contributed by atoms with Gasteiger partial charge in [0.2, 0.25) is 0 Å². The number of ether oxygens (including phenoxy) is 3. The molecule has 3 aromatic rings. The molecule has 1 unspecified atom stereocenters. The molecule has 0 radical (unpaired) electrons. The molecule has 1 aliphatic heterocycles. The maximum Gasteiger partial charge on any atom is 0.308 e. The monoisotopic (exact) mass is 569 g/mol. The fraction of sp³-hybridized carbons (Fsp3) is 0.207. The third-order valence-corrected chi connectivity index (χ3v) is 6.81. The van der Waals surface area contributed by atoms with E-state index in [0.717, 1.165) is 11.1 Å². The number of carbonyl (C=O) groups is 3. The van der Waals surface area contributed by atoms with Crippen LogP contribution in [0, 0.1) is 13.8 Å². The second-order valence-corrected chi connectivity index (χ2v) is 9.75. The maximum atomic E-state index is 13.6. The van der Waals surface area contributed by atoms with Crippen LogP contribution >= 0.6 is 23.2 Å². The minimum Gasteiger partial charge on any atom is -0.507 e. The molecule has 10 heteroatoms. The van der Waals surface area contributed by atoms with Crippen molar-refractivity contribution in [2.75, 3.05) is 19.1 Å². The molecule has 1 saturated heterocycles. The van der Waals surface area contributed by atoms with Crippen molar-refractivity contribution in [3.05, 3.63) is 86.4 Å². The van der Waals surface area contributed by atoms with Crippen LogP contribution in [-0.4, -0.2) is 37.0 Å². The van der Waals surface area contributed by atoms with Gasteiger partial charge in [0, 0.05) is 12.6 Å². The Morgan fingerprint density at radius 2 is 1.51 bits per heavy atom. The van der Waals surface area contributed by atoms with Crippen molar-refractivity contribution < 1.29 is 33.7 Å². The van der Waals surface area contributed by atoms with Crippen LogP contribution in [0.4, 0.5) is 5.69 Å². The second kappa shape index (κ2) is 11.0. The molecule has 39 heavy (non-hydrogen) atoms. The van der Waals surface area contributed by atoms with Crippen molar-refractivity contribution in [2.24, 2.45) is 0 Å². The number of nitrogens with zero attached hydrogens (tertiary/aromatic N) is 1. The number of carbonyl (C=O) groups excluding carboxylic acids is 3. The smallest absolute Gasteiger partial charge is 0.308 e. The molecule has 1 heterocycles. The highest BCUT2D eigenvalue weighted by Gasteiger charge is 2.47. The van der Waals surface area contributed by atoms with Crippen LogP contribution < -0.4 is 19.1 Å². The Hall–Kier alpha value is -4.01. The summed E-state index contributed by atoms with van der Waals surface area (Å²) < 4.78 is 15.8. The summed E-state index contributed by atoms with van der Waals surface area (Å²) in [5, 5.41) is 11.6. The highest BCUT2D eigenvalue weighted by molar-refractivity contribution is 6.52. The van der Waals surface area contributed by atoms with Gasteiger partial charge in [0.05, 0.1) is 36.4 Å². The van der Waals surface area contributed by atoms with Gasteiger partial charge in [-0.3, -0.25) is 19.3 Å². The molecule has 3 aromatic carbocycles. The highest BCUT2D eigenvalue weighted by atomic mass is 35.5. The van der Waals surface area contributed by atoms with Gasteiger partial charge in [0.15, 0.2) is 11.5 Å². The quantitative estimate of drug-likeness (QED) is 0.124. The zero-order chi connectivity index (χ0) is 28.6. The fourth-order valence-corrected chi connectivity index (χ4v) is 5.37. The summed E-state index contributed by atoms with van der Waals surface area (Å²) >= 11 is 12.8. The Bertz CT molecular complexity index is 1510. The third-order valence-electron chi connectivity index (χ3n) is 6.18. The predicted molar refractivity (Wildman–Crippen MR) is 148 cm³/mol. The number of aryl methyl sites for hydroxylation is 2. The van der Waals surface area contributed by atoms with Gasteiger partial charge in [0.25, 0.3) is 11.7 Å². The minimum absolute atomic E-state index is 0.00764. The van der Waals surface area contributed by atoms with Gasteiger partial charge in [-0.25, -0.2) is 0 Å². The van der Waals surface area contributed by atoms with Crippen molar-refractivity contribution in [3.63, 3.8) is 0 Å². The van der Waals surface area contributed by atoms with Gasteiger partial charge in [0.1, 0.15) is 16.5 Å². The number of hydrogen-bond donors (Lipinski definition) is 1. The first-order valence-electron chi connectivity index (χ1n) is 11.8. The molecule has 0 saturated carbocycles. The van der Waals surface area contributed by atoms with E-state index in [2.05, 4.69) is 0 Å². The Balaban J connectivity index is 2.00. The number of hydrogen-bond acceptors (Lipinski definition) is 7. The van der Waals surface area contributed by atoms with Gasteiger partial charge in [-0.15, -0.1) is 0 Å². The lowest BCUT2D eigenvalue weighted by atomic mass is 9.94. The summed E-state index contributed by atoms with van der Waals surface area (Å²) in [6.45, 7) is 5.03. The van der Waals surface area contributed by atoms with E-state index in [-0.39, 0.29) is 38.4 Å². The number of Topliss-reactive ketones (excluding diaryl/α,β-unsaturated/α-hetero) is 1. The zero-order valence-corrected chi connectivity index (χ0v) is 23.3. The average Bonchev–Trinajstić information content (AvgIpc) is 3.13. The number of aliphatic hydroxyl groups is 1. The van der Waals surface area contributed by atoms with Gasteiger partial charge < -0.3 is 19.3 Å². The Labute approximate surface area is 235 Å². The number of benzene rings is 3. The van der Waals surface area contributed by atoms with E-state index < -0.39 is 29.5 Å². The minimum atomic E-state index is -1.04. The van der Waals surface area contributed by atoms with E-state index in [4.69, 9.17) is 37.4 Å². The van der Waals surface area contributed by atoms with E-state index in [0.29, 0.717) is 11.3 Å². The molecule has 1 aliphatic rings. The molecule has 1 N–H and O–H groups in total. The van der Waals surface area contributed by atoms with Crippen LogP contribution in [-0.2, 0) is 14.4 Å². The van der Waals surface area contributed by atoms with Crippen molar-refractivity contribution in [1.82, 2.24) is 0 Å². The molecule has 1 amide bonds. The van der Waals surface area contributed by atoms with Gasteiger partial charge in [-0.05, 0) is 60.9 Å². The molecule has 1 fully saturated rings. The summed E-state index contributed by atoms with van der Waals surface area (Å²) in [5.41, 5.74) is 2.52. The van der Waals surface area contributed by atoms with E-state index in [1.165, 1.54) is 32.1 Å². The standard InChI is InChI=1S/C29H25Cl2NO7/c1-14-10-15(2)12-18(11-14)32-24(17-6-8-19(9-7-17)39-16(3)33)22(26(35)29(32)36)25(34)20-13-21(30)28(38-5)23(31)27(20)37-4/h6-13,24,34H,1-5H3/b25-22+. The molecule has 0 aliphatic carbocycles. The Morgan fingerprint density at radius 3 is 2.05 bits per heavy atom. The summed E-state index contributed by atoms with van der Waals surface area (Å²) in [6, 6.07) is 12.1. The van der Waals surface area contributed by atoms with Crippen LogP contribution in [0.3, 0.4) is 0 Å². The lowest BCUT2D eigenvalue weighted by molar-refractivity contribution is -0.132. The molecule has 0 bridgehead atoms.